The Hall–Kier alpha value is -6.44. The van der Waals surface area contributed by atoms with Crippen molar-refractivity contribution >= 4 is 54.3 Å². The summed E-state index contributed by atoms with van der Waals surface area (Å²) in [6.07, 6.45) is 0. The maximum absolute atomic E-state index is 9.83. The van der Waals surface area contributed by atoms with Crippen molar-refractivity contribution < 1.29 is 45.5 Å². The first-order valence-corrected chi connectivity index (χ1v) is 14.4. The molecule has 0 saturated carbocycles. The minimum atomic E-state index is -1.11. The summed E-state index contributed by atoms with van der Waals surface area (Å²) in [6.45, 7) is 0. The van der Waals surface area contributed by atoms with Crippen molar-refractivity contribution in [1.82, 2.24) is 0 Å². The normalized spacial score (nSPS) is 20.2. The zero-order valence-corrected chi connectivity index (χ0v) is 24.4. The Bertz CT molecular complexity index is 4460. The molecule has 10 rings (SSSR count). The van der Waals surface area contributed by atoms with Crippen molar-refractivity contribution in [2.75, 3.05) is 0 Å². The lowest BCUT2D eigenvalue weighted by Crippen LogP contribution is -1.91. The molecule has 9 aromatic carbocycles. The molecule has 0 saturated heterocycles. The van der Waals surface area contributed by atoms with Crippen molar-refractivity contribution in [3.63, 3.8) is 0 Å². The summed E-state index contributed by atoms with van der Waals surface area (Å²) in [7, 11) is 0. The monoisotopic (exact) mass is 652 g/mol. The highest BCUT2D eigenvalue weighted by Gasteiger charge is 2.18. The third-order valence-electron chi connectivity index (χ3n) is 7.89. The highest BCUT2D eigenvalue weighted by molar-refractivity contribution is 6.22. The average Bonchev–Trinajstić information content (AvgIpc) is 3.34. The van der Waals surface area contributed by atoms with E-state index in [1.165, 1.54) is 0 Å². The van der Waals surface area contributed by atoms with E-state index in [0.717, 1.165) is 0 Å². The molecule has 0 bridgehead atoms. The molecule has 0 spiro atoms. The third-order valence-corrected chi connectivity index (χ3v) is 7.89. The van der Waals surface area contributed by atoms with Crippen LogP contribution in [0.4, 0.5) is 0 Å². The first-order valence-electron chi connectivity index (χ1n) is 29.4. The van der Waals surface area contributed by atoms with Crippen LogP contribution < -0.4 is 0 Å². The van der Waals surface area contributed by atoms with E-state index in [1.54, 1.807) is 0 Å². The summed E-state index contributed by atoms with van der Waals surface area (Å²) in [5, 5.41) is -5.67. The van der Waals surface area contributed by atoms with Crippen LogP contribution in [0.5, 0.6) is 0 Å². The van der Waals surface area contributed by atoms with Crippen LogP contribution in [0.2, 0.25) is 0 Å². The maximum Gasteiger partial charge on any atom is 0.136 e. The van der Waals surface area contributed by atoms with Gasteiger partial charge in [-0.15, -0.1) is 0 Å². The van der Waals surface area contributed by atoms with Gasteiger partial charge in [0.25, 0.3) is 0 Å². The number of benzene rings is 9. The van der Waals surface area contributed by atoms with Gasteiger partial charge in [0.15, 0.2) is 0 Å². The SMILES string of the molecule is [2H]c1c([2H])c([2H])c(-c2c3c([2H])c([2H])c([2H])c([2H])c3c(-c3c([2H])c([2H])c4c([2H])c(-c5c([2H])c([2H])c([2H])c6oc7c([2H])c([2H])c([2H])c(-c8c([2H])c([2H])c([2H])c([2H])c8[2H])c7c56)c([2H])c([2H])c4c3[2H])c3c([2H])c([2H])c([2H])c([2H])c23)c([2H])c1[2H]. The van der Waals surface area contributed by atoms with E-state index in [-0.39, 0.29) is 0 Å². The molecular formula is C48H30O. The smallest absolute Gasteiger partial charge is 0.136 e. The van der Waals surface area contributed by atoms with Crippen molar-refractivity contribution in [2.45, 2.75) is 0 Å². The summed E-state index contributed by atoms with van der Waals surface area (Å²) >= 11 is 0. The van der Waals surface area contributed by atoms with Crippen LogP contribution in [0, 0.1) is 0 Å². The molecule has 0 radical (unpaired) electrons. The number of furan rings is 1. The van der Waals surface area contributed by atoms with E-state index in [4.69, 9.17) is 30.5 Å². The Kier molecular flexibility index (Phi) is 2.50. The summed E-state index contributed by atoms with van der Waals surface area (Å²) in [4.78, 5) is 0. The molecule has 0 N–H and O–H groups in total. The van der Waals surface area contributed by atoms with Gasteiger partial charge in [-0.05, 0) is 101 Å². The second-order valence-corrected chi connectivity index (χ2v) is 10.5. The molecular weight excluding hydrogens is 593 g/mol. The van der Waals surface area contributed by atoms with Crippen LogP contribution >= 0.6 is 0 Å². The molecule has 1 heterocycles. The first kappa shape index (κ1) is 11.1. The summed E-state index contributed by atoms with van der Waals surface area (Å²) in [5.74, 6) is 0. The molecule has 0 atom stereocenters. The summed E-state index contributed by atoms with van der Waals surface area (Å²) < 4.78 is 275. The van der Waals surface area contributed by atoms with E-state index >= 15 is 0 Å². The third kappa shape index (κ3) is 4.40. The largest absolute Gasteiger partial charge is 0.456 e. The zero-order valence-electron chi connectivity index (χ0n) is 54.4. The molecule has 0 fully saturated rings. The first-order chi connectivity index (χ1) is 36.8. The van der Waals surface area contributed by atoms with Gasteiger partial charge in [0.1, 0.15) is 11.2 Å². The Morgan fingerprint density at radius 2 is 0.755 bits per heavy atom. The van der Waals surface area contributed by atoms with E-state index in [1.807, 2.05) is 0 Å². The number of hydrogen-bond donors (Lipinski definition) is 0. The van der Waals surface area contributed by atoms with Crippen LogP contribution in [0.3, 0.4) is 0 Å². The second-order valence-electron chi connectivity index (χ2n) is 10.5. The van der Waals surface area contributed by atoms with Crippen LogP contribution in [0.15, 0.2) is 186 Å². The quantitative estimate of drug-likeness (QED) is 0.172. The molecule has 0 aliphatic carbocycles. The Balaban J connectivity index is 1.43. The van der Waals surface area contributed by atoms with Crippen molar-refractivity contribution in [2.24, 2.45) is 0 Å². The molecule has 228 valence electrons. The van der Waals surface area contributed by atoms with E-state index in [9.17, 15) is 15.1 Å². The van der Waals surface area contributed by atoms with Crippen LogP contribution in [-0.4, -0.2) is 0 Å². The van der Waals surface area contributed by atoms with E-state index in [0.29, 0.717) is 0 Å². The highest BCUT2D eigenvalue weighted by atomic mass is 16.3. The summed E-state index contributed by atoms with van der Waals surface area (Å²) in [5.41, 5.74) is -7.36. The Morgan fingerprint density at radius 3 is 1.31 bits per heavy atom. The topological polar surface area (TPSA) is 13.1 Å². The lowest BCUT2D eigenvalue weighted by molar-refractivity contribution is 0.669. The van der Waals surface area contributed by atoms with Crippen molar-refractivity contribution in [1.29, 1.82) is 0 Å². The number of hydrogen-bond acceptors (Lipinski definition) is 1. The van der Waals surface area contributed by atoms with Crippen LogP contribution in [0.25, 0.3) is 98.8 Å². The lowest BCUT2D eigenvalue weighted by atomic mass is 9.85. The predicted molar refractivity (Wildman–Crippen MR) is 208 cm³/mol. The number of rotatable bonds is 4. The molecule has 1 aromatic heterocycles. The van der Waals surface area contributed by atoms with Gasteiger partial charge in [-0.2, -0.15) is 0 Å². The van der Waals surface area contributed by atoms with Crippen LogP contribution in [-0.2, 0) is 0 Å². The number of fused-ring (bicyclic) bond motifs is 6. The van der Waals surface area contributed by atoms with Gasteiger partial charge < -0.3 is 4.42 Å². The van der Waals surface area contributed by atoms with E-state index < -0.39 is 280 Å². The average molecular weight is 653 g/mol. The minimum Gasteiger partial charge on any atom is -0.456 e. The highest BCUT2D eigenvalue weighted by Crippen LogP contribution is 2.45. The minimum absolute atomic E-state index is 0.550. The molecule has 0 aliphatic heterocycles. The maximum atomic E-state index is 9.83. The molecule has 1 nitrogen and oxygen atoms in total. The molecule has 0 aliphatic rings. The van der Waals surface area contributed by atoms with Gasteiger partial charge in [0.05, 0.1) is 41.1 Å². The molecule has 1 heteroatoms. The van der Waals surface area contributed by atoms with Gasteiger partial charge in [-0.1, -0.05) is 157 Å². The second kappa shape index (κ2) is 11.1. The van der Waals surface area contributed by atoms with Gasteiger partial charge in [0.2, 0.25) is 0 Å². The van der Waals surface area contributed by atoms with Crippen molar-refractivity contribution in [3.05, 3.63) is 181 Å². The lowest BCUT2D eigenvalue weighted by Gasteiger charge is -2.18. The fourth-order valence-electron chi connectivity index (χ4n) is 5.89. The van der Waals surface area contributed by atoms with Crippen molar-refractivity contribution in [3.8, 4) is 44.5 Å². The predicted octanol–water partition coefficient (Wildman–Crippen LogP) is 13.7. The van der Waals surface area contributed by atoms with Gasteiger partial charge in [-0.3, -0.25) is 0 Å². The Labute approximate surface area is 326 Å². The standard InChI is InChI=1S/C48H30O/c1-3-13-31(14-4-1)37-21-11-23-43-47(37)48-38(22-12-24-44(48)49-43)35-27-25-34-30-36(28-26-33(34)29-35)46-41-19-9-7-17-39(41)45(32-15-5-2-6-16-32)40-18-8-10-20-42(40)46/h1-30H/i1D,2D,3D,4D,5D,6D,7D,8D,9D,10D,11D,12D,13D,14D,15D,16D,17D,18D,19D,20D,21D,22D,23D,24D,25D,26D,27D,28D,29D,30D. The molecule has 0 amide bonds. The zero-order chi connectivity index (χ0) is 58.4. The Morgan fingerprint density at radius 1 is 0.327 bits per heavy atom. The van der Waals surface area contributed by atoms with E-state index in [2.05, 4.69) is 0 Å². The molecule has 0 unspecified atom stereocenters. The summed E-state index contributed by atoms with van der Waals surface area (Å²) in [6, 6.07) is -28.9. The van der Waals surface area contributed by atoms with Gasteiger partial charge in [0, 0.05) is 10.8 Å². The van der Waals surface area contributed by atoms with Crippen LogP contribution in [0.1, 0.15) is 41.1 Å². The molecule has 10 aromatic rings. The van der Waals surface area contributed by atoms with Gasteiger partial charge in [-0.25, -0.2) is 0 Å². The van der Waals surface area contributed by atoms with Gasteiger partial charge >= 0.3 is 0 Å². The fraction of sp³-hybridized carbons (Fsp3) is 0. The fourth-order valence-corrected chi connectivity index (χ4v) is 5.89. The molecule has 49 heavy (non-hydrogen) atoms.